The van der Waals surface area contributed by atoms with E-state index in [4.69, 9.17) is 4.74 Å². The molecule has 1 aromatic carbocycles. The molecule has 1 atom stereocenters. The molecule has 1 heterocycles. The summed E-state index contributed by atoms with van der Waals surface area (Å²) in [6, 6.07) is 12.2. The molecule has 21 heavy (non-hydrogen) atoms. The molecule has 0 bridgehead atoms. The van der Waals surface area contributed by atoms with E-state index >= 15 is 0 Å². The lowest BCUT2D eigenvalue weighted by Crippen LogP contribution is -2.30. The van der Waals surface area contributed by atoms with Crippen LogP contribution in [0.25, 0.3) is 0 Å². The number of ether oxygens (including phenoxy) is 1. The van der Waals surface area contributed by atoms with Crippen molar-refractivity contribution in [3.05, 3.63) is 51.7 Å². The largest absolute Gasteiger partial charge is 0.491 e. The molecule has 1 unspecified atom stereocenters. The number of aliphatic hydroxyl groups excluding tert-OH is 1. The highest BCUT2D eigenvalue weighted by atomic mass is 32.1. The molecule has 0 saturated heterocycles. The zero-order chi connectivity index (χ0) is 15.1. The van der Waals surface area contributed by atoms with Gasteiger partial charge >= 0.3 is 0 Å². The number of rotatable bonds is 8. The van der Waals surface area contributed by atoms with Gasteiger partial charge in [-0.2, -0.15) is 0 Å². The summed E-state index contributed by atoms with van der Waals surface area (Å²) in [5, 5.41) is 13.2. The van der Waals surface area contributed by atoms with Gasteiger partial charge in [-0.25, -0.2) is 0 Å². The molecule has 0 saturated carbocycles. The molecule has 0 aliphatic heterocycles. The predicted octanol–water partition coefficient (Wildman–Crippen LogP) is 3.15. The van der Waals surface area contributed by atoms with E-state index in [2.05, 4.69) is 43.4 Å². The maximum Gasteiger partial charge on any atom is 0.119 e. The summed E-state index contributed by atoms with van der Waals surface area (Å²) in [5.41, 5.74) is 1.29. The first-order valence-corrected chi connectivity index (χ1v) is 8.15. The third-order valence-corrected chi connectivity index (χ3v) is 4.25. The minimum atomic E-state index is -0.503. The Morgan fingerprint density at radius 1 is 1.19 bits per heavy atom. The van der Waals surface area contributed by atoms with Crippen LogP contribution in [0.15, 0.2) is 36.4 Å². The second-order valence-corrected chi connectivity index (χ2v) is 6.48. The lowest BCUT2D eigenvalue weighted by atomic mass is 10.2. The van der Waals surface area contributed by atoms with Crippen molar-refractivity contribution in [1.82, 2.24) is 5.32 Å². The molecule has 2 N–H and O–H groups in total. The highest BCUT2D eigenvalue weighted by molar-refractivity contribution is 7.11. The van der Waals surface area contributed by atoms with Crippen molar-refractivity contribution < 1.29 is 9.84 Å². The maximum atomic E-state index is 9.91. The van der Waals surface area contributed by atoms with E-state index < -0.39 is 6.10 Å². The van der Waals surface area contributed by atoms with E-state index in [9.17, 15) is 5.11 Å². The van der Waals surface area contributed by atoms with Gasteiger partial charge in [0.05, 0.1) is 0 Å². The number of benzene rings is 1. The molecular formula is C17H23NO2S. The Morgan fingerprint density at radius 2 is 1.95 bits per heavy atom. The first-order valence-electron chi connectivity index (χ1n) is 7.33. The van der Waals surface area contributed by atoms with Gasteiger partial charge in [0.25, 0.3) is 0 Å². The fourth-order valence-corrected chi connectivity index (χ4v) is 2.87. The van der Waals surface area contributed by atoms with Gasteiger partial charge in [-0.3, -0.25) is 0 Å². The van der Waals surface area contributed by atoms with Gasteiger partial charge in [0.2, 0.25) is 0 Å². The fourth-order valence-electron chi connectivity index (χ4n) is 2.01. The van der Waals surface area contributed by atoms with Gasteiger partial charge in [0.1, 0.15) is 18.5 Å². The van der Waals surface area contributed by atoms with Crippen LogP contribution in [-0.2, 0) is 13.0 Å². The summed E-state index contributed by atoms with van der Waals surface area (Å²) in [5.74, 6) is 0.806. The van der Waals surface area contributed by atoms with Gasteiger partial charge < -0.3 is 15.2 Å². The van der Waals surface area contributed by atoms with Gasteiger partial charge in [0, 0.05) is 22.8 Å². The minimum absolute atomic E-state index is 0.307. The Morgan fingerprint density at radius 3 is 2.57 bits per heavy atom. The summed E-state index contributed by atoms with van der Waals surface area (Å²) >= 11 is 1.78. The molecule has 0 amide bonds. The van der Waals surface area contributed by atoms with Gasteiger partial charge in [-0.1, -0.05) is 19.1 Å². The number of aliphatic hydroxyl groups is 1. The van der Waals surface area contributed by atoms with E-state index in [0.29, 0.717) is 13.2 Å². The lowest BCUT2D eigenvalue weighted by molar-refractivity contribution is 0.106. The van der Waals surface area contributed by atoms with Crippen LogP contribution in [0, 0.1) is 6.92 Å². The van der Waals surface area contributed by atoms with E-state index in [1.807, 2.05) is 12.1 Å². The molecular weight excluding hydrogens is 282 g/mol. The number of thiophene rings is 1. The van der Waals surface area contributed by atoms with Crippen LogP contribution in [-0.4, -0.2) is 24.4 Å². The Bertz CT molecular complexity index is 536. The Hall–Kier alpha value is -1.36. The van der Waals surface area contributed by atoms with Crippen molar-refractivity contribution in [2.24, 2.45) is 0 Å². The molecule has 2 aromatic rings. The number of nitrogens with one attached hydrogen (secondary N) is 1. The highest BCUT2D eigenvalue weighted by Gasteiger charge is 2.05. The third-order valence-electron chi connectivity index (χ3n) is 3.25. The van der Waals surface area contributed by atoms with E-state index in [0.717, 1.165) is 18.7 Å². The molecule has 3 nitrogen and oxygen atoms in total. The first kappa shape index (κ1) is 16.0. The van der Waals surface area contributed by atoms with Crippen LogP contribution in [0.5, 0.6) is 5.75 Å². The zero-order valence-corrected chi connectivity index (χ0v) is 13.5. The fraction of sp³-hybridized carbons (Fsp3) is 0.412. The van der Waals surface area contributed by atoms with Gasteiger partial charge in [0.15, 0.2) is 0 Å². The average Bonchev–Trinajstić information content (AvgIpc) is 2.91. The van der Waals surface area contributed by atoms with Crippen LogP contribution in [0.3, 0.4) is 0 Å². The zero-order valence-electron chi connectivity index (χ0n) is 12.6. The highest BCUT2D eigenvalue weighted by Crippen LogP contribution is 2.14. The average molecular weight is 305 g/mol. The van der Waals surface area contributed by atoms with Crippen molar-refractivity contribution in [1.29, 1.82) is 0 Å². The quantitative estimate of drug-likeness (QED) is 0.787. The molecule has 114 valence electrons. The van der Waals surface area contributed by atoms with Crippen LogP contribution in [0.2, 0.25) is 0 Å². The van der Waals surface area contributed by atoms with E-state index in [-0.39, 0.29) is 0 Å². The Labute approximate surface area is 130 Å². The van der Waals surface area contributed by atoms with Gasteiger partial charge in [-0.15, -0.1) is 11.3 Å². The topological polar surface area (TPSA) is 41.5 Å². The van der Waals surface area contributed by atoms with Crippen LogP contribution in [0.1, 0.15) is 22.2 Å². The standard InChI is InChI=1S/C17H23NO2S/c1-3-14-5-7-16(8-6-14)20-12-15(19)10-18-11-17-9-4-13(2)21-17/h4-9,15,18-19H,3,10-12H2,1-2H3. The second-order valence-electron chi connectivity index (χ2n) is 5.11. The minimum Gasteiger partial charge on any atom is -0.491 e. The van der Waals surface area contributed by atoms with Crippen molar-refractivity contribution in [2.75, 3.05) is 13.2 Å². The molecule has 0 fully saturated rings. The summed E-state index contributed by atoms with van der Waals surface area (Å²) in [4.78, 5) is 2.60. The van der Waals surface area contributed by atoms with E-state index in [1.54, 1.807) is 11.3 Å². The second kappa shape index (κ2) is 8.17. The normalized spacial score (nSPS) is 12.3. The Balaban J connectivity index is 1.65. The molecule has 2 rings (SSSR count). The van der Waals surface area contributed by atoms with Gasteiger partial charge in [-0.05, 0) is 43.2 Å². The number of hydrogen-bond acceptors (Lipinski definition) is 4. The smallest absolute Gasteiger partial charge is 0.119 e. The summed E-state index contributed by atoms with van der Waals surface area (Å²) in [6.45, 7) is 5.85. The summed E-state index contributed by atoms with van der Waals surface area (Å²) < 4.78 is 5.59. The number of hydrogen-bond donors (Lipinski definition) is 2. The monoisotopic (exact) mass is 305 g/mol. The maximum absolute atomic E-state index is 9.91. The molecule has 1 aromatic heterocycles. The molecule has 0 radical (unpaired) electrons. The molecule has 0 spiro atoms. The summed E-state index contributed by atoms with van der Waals surface area (Å²) in [6.07, 6.45) is 0.520. The Kier molecular flexibility index (Phi) is 6.23. The predicted molar refractivity (Wildman–Crippen MR) is 88.1 cm³/mol. The molecule has 4 heteroatoms. The van der Waals surface area contributed by atoms with Crippen LogP contribution >= 0.6 is 11.3 Å². The van der Waals surface area contributed by atoms with Crippen molar-refractivity contribution in [2.45, 2.75) is 32.9 Å². The SMILES string of the molecule is CCc1ccc(OCC(O)CNCc2ccc(C)s2)cc1. The lowest BCUT2D eigenvalue weighted by Gasteiger charge is -2.13. The third kappa shape index (κ3) is 5.50. The van der Waals surface area contributed by atoms with Crippen molar-refractivity contribution >= 4 is 11.3 Å². The van der Waals surface area contributed by atoms with E-state index in [1.165, 1.54) is 15.3 Å². The molecule has 0 aliphatic carbocycles. The van der Waals surface area contributed by atoms with Crippen LogP contribution < -0.4 is 10.1 Å². The van der Waals surface area contributed by atoms with Crippen LogP contribution in [0.4, 0.5) is 0 Å². The van der Waals surface area contributed by atoms with Crippen molar-refractivity contribution in [3.63, 3.8) is 0 Å². The number of aryl methyl sites for hydroxylation is 2. The summed E-state index contributed by atoms with van der Waals surface area (Å²) in [7, 11) is 0. The first-order chi connectivity index (χ1) is 10.2. The van der Waals surface area contributed by atoms with Crippen molar-refractivity contribution in [3.8, 4) is 5.75 Å². The molecule has 0 aliphatic rings.